The second-order valence-electron chi connectivity index (χ2n) is 7.58. The van der Waals surface area contributed by atoms with E-state index in [2.05, 4.69) is 32.2 Å². The third-order valence-corrected chi connectivity index (χ3v) is 5.57. The van der Waals surface area contributed by atoms with Crippen LogP contribution in [0.2, 0.25) is 0 Å². The van der Waals surface area contributed by atoms with Gasteiger partial charge in [0.2, 0.25) is 0 Å². The lowest BCUT2D eigenvalue weighted by Gasteiger charge is -2.37. The molecule has 0 amide bonds. The number of rotatable bonds is 5. The summed E-state index contributed by atoms with van der Waals surface area (Å²) in [4.78, 5) is 9.42. The Kier molecular flexibility index (Phi) is 6.53. The Morgan fingerprint density at radius 2 is 2.08 bits per heavy atom. The summed E-state index contributed by atoms with van der Waals surface area (Å²) in [6.45, 7) is 14.3. The van der Waals surface area contributed by atoms with Crippen molar-refractivity contribution in [2.75, 3.05) is 59.5 Å². The SMILES string of the molecule is CN=C(NCC(C)c1c(C)noc1C)N1CCN(CC2CCOC2)CC1. The minimum absolute atomic E-state index is 0.335. The summed E-state index contributed by atoms with van der Waals surface area (Å²) in [5.41, 5.74) is 2.19. The molecular formula is C19H33N5O2. The number of hydrogen-bond acceptors (Lipinski definition) is 5. The van der Waals surface area contributed by atoms with E-state index in [1.165, 1.54) is 18.5 Å². The van der Waals surface area contributed by atoms with Crippen LogP contribution in [0.3, 0.4) is 0 Å². The number of ether oxygens (including phenoxy) is 1. The molecule has 2 unspecified atom stereocenters. The average Bonchev–Trinajstić information content (AvgIpc) is 3.26. The second-order valence-corrected chi connectivity index (χ2v) is 7.58. The van der Waals surface area contributed by atoms with Crippen LogP contribution in [0.1, 0.15) is 36.3 Å². The van der Waals surface area contributed by atoms with E-state index in [0.29, 0.717) is 5.92 Å². The Morgan fingerprint density at radius 1 is 1.31 bits per heavy atom. The second kappa shape index (κ2) is 8.86. The lowest BCUT2D eigenvalue weighted by atomic mass is 10.00. The number of piperazine rings is 1. The van der Waals surface area contributed by atoms with E-state index in [9.17, 15) is 0 Å². The maximum atomic E-state index is 5.50. The van der Waals surface area contributed by atoms with Crippen LogP contribution >= 0.6 is 0 Å². The summed E-state index contributed by atoms with van der Waals surface area (Å²) < 4.78 is 10.8. The van der Waals surface area contributed by atoms with E-state index < -0.39 is 0 Å². The van der Waals surface area contributed by atoms with Crippen molar-refractivity contribution in [3.8, 4) is 0 Å². The predicted octanol–water partition coefficient (Wildman–Crippen LogP) is 1.62. The Bertz CT molecular complexity index is 582. The summed E-state index contributed by atoms with van der Waals surface area (Å²) in [7, 11) is 1.87. The number of hydrogen-bond donors (Lipinski definition) is 1. The van der Waals surface area contributed by atoms with E-state index in [0.717, 1.165) is 69.3 Å². The molecule has 1 N–H and O–H groups in total. The van der Waals surface area contributed by atoms with Crippen molar-refractivity contribution in [2.45, 2.75) is 33.1 Å². The fraction of sp³-hybridized carbons (Fsp3) is 0.789. The number of nitrogens with one attached hydrogen (secondary N) is 1. The molecular weight excluding hydrogens is 330 g/mol. The first-order chi connectivity index (χ1) is 12.6. The summed E-state index contributed by atoms with van der Waals surface area (Å²) in [6.07, 6.45) is 1.21. The molecule has 146 valence electrons. The van der Waals surface area contributed by atoms with Crippen LogP contribution in [0.25, 0.3) is 0 Å². The molecule has 3 rings (SSSR count). The zero-order valence-electron chi connectivity index (χ0n) is 16.6. The fourth-order valence-corrected chi connectivity index (χ4v) is 4.11. The molecule has 0 aromatic carbocycles. The van der Waals surface area contributed by atoms with E-state index >= 15 is 0 Å². The van der Waals surface area contributed by atoms with Gasteiger partial charge in [-0.25, -0.2) is 0 Å². The van der Waals surface area contributed by atoms with Gasteiger partial charge in [0.05, 0.1) is 12.3 Å². The molecule has 0 bridgehead atoms. The quantitative estimate of drug-likeness (QED) is 0.634. The van der Waals surface area contributed by atoms with Crippen molar-refractivity contribution < 1.29 is 9.26 Å². The number of aromatic nitrogens is 1. The van der Waals surface area contributed by atoms with Crippen LogP contribution in [0.5, 0.6) is 0 Å². The van der Waals surface area contributed by atoms with Crippen LogP contribution in [-0.2, 0) is 4.74 Å². The molecule has 1 aromatic rings. The van der Waals surface area contributed by atoms with Crippen LogP contribution in [-0.4, -0.2) is 80.4 Å². The zero-order valence-corrected chi connectivity index (χ0v) is 16.6. The minimum Gasteiger partial charge on any atom is -0.381 e. The Morgan fingerprint density at radius 3 is 2.65 bits per heavy atom. The number of aliphatic imine (C=N–C) groups is 1. The Balaban J connectivity index is 1.46. The van der Waals surface area contributed by atoms with Crippen LogP contribution in [0.4, 0.5) is 0 Å². The summed E-state index contributed by atoms with van der Waals surface area (Å²) >= 11 is 0. The molecule has 0 spiro atoms. The van der Waals surface area contributed by atoms with Gasteiger partial charge in [0, 0.05) is 64.4 Å². The molecule has 2 aliphatic heterocycles. The third kappa shape index (κ3) is 4.57. The predicted molar refractivity (Wildman–Crippen MR) is 103 cm³/mol. The van der Waals surface area contributed by atoms with Crippen molar-refractivity contribution in [1.82, 2.24) is 20.3 Å². The monoisotopic (exact) mass is 363 g/mol. The molecule has 0 saturated carbocycles. The summed E-state index contributed by atoms with van der Waals surface area (Å²) in [5, 5.41) is 7.60. The molecule has 3 heterocycles. The van der Waals surface area contributed by atoms with Gasteiger partial charge in [0.15, 0.2) is 5.96 Å². The van der Waals surface area contributed by atoms with Gasteiger partial charge < -0.3 is 19.5 Å². The molecule has 0 radical (unpaired) electrons. The minimum atomic E-state index is 0.335. The van der Waals surface area contributed by atoms with Crippen LogP contribution in [0.15, 0.2) is 9.52 Å². The molecule has 26 heavy (non-hydrogen) atoms. The van der Waals surface area contributed by atoms with Crippen molar-refractivity contribution in [3.05, 3.63) is 17.0 Å². The van der Waals surface area contributed by atoms with Crippen molar-refractivity contribution in [2.24, 2.45) is 10.9 Å². The van der Waals surface area contributed by atoms with Gasteiger partial charge in [-0.2, -0.15) is 0 Å². The van der Waals surface area contributed by atoms with Crippen LogP contribution < -0.4 is 5.32 Å². The van der Waals surface area contributed by atoms with Crippen LogP contribution in [0, 0.1) is 19.8 Å². The highest BCUT2D eigenvalue weighted by Crippen LogP contribution is 2.22. The van der Waals surface area contributed by atoms with Gasteiger partial charge in [-0.3, -0.25) is 9.89 Å². The first kappa shape index (κ1) is 19.2. The van der Waals surface area contributed by atoms with Crippen molar-refractivity contribution in [3.63, 3.8) is 0 Å². The van der Waals surface area contributed by atoms with E-state index in [-0.39, 0.29) is 0 Å². The average molecular weight is 364 g/mol. The molecule has 2 fully saturated rings. The Hall–Kier alpha value is -1.60. The van der Waals surface area contributed by atoms with Gasteiger partial charge in [-0.05, 0) is 26.2 Å². The molecule has 7 nitrogen and oxygen atoms in total. The first-order valence-electron chi connectivity index (χ1n) is 9.77. The van der Waals surface area contributed by atoms with Gasteiger partial charge in [0.1, 0.15) is 5.76 Å². The van der Waals surface area contributed by atoms with Gasteiger partial charge in [-0.1, -0.05) is 12.1 Å². The van der Waals surface area contributed by atoms with Gasteiger partial charge in [0.25, 0.3) is 0 Å². The lowest BCUT2D eigenvalue weighted by molar-refractivity contribution is 0.139. The largest absolute Gasteiger partial charge is 0.381 e. The molecule has 2 aliphatic rings. The van der Waals surface area contributed by atoms with Gasteiger partial charge >= 0.3 is 0 Å². The zero-order chi connectivity index (χ0) is 18.5. The molecule has 2 atom stereocenters. The number of aryl methyl sites for hydroxylation is 2. The highest BCUT2D eigenvalue weighted by Gasteiger charge is 2.24. The van der Waals surface area contributed by atoms with E-state index in [1.807, 2.05) is 20.9 Å². The standard InChI is InChI=1S/C19H33N5O2/c1-14(18-15(2)22-26-16(18)3)11-21-19(20-4)24-8-6-23(7-9-24)12-17-5-10-25-13-17/h14,17H,5-13H2,1-4H3,(H,20,21). The molecule has 1 aromatic heterocycles. The van der Waals surface area contributed by atoms with Crippen molar-refractivity contribution >= 4 is 5.96 Å². The van der Waals surface area contributed by atoms with Crippen molar-refractivity contribution in [1.29, 1.82) is 0 Å². The molecule has 7 heteroatoms. The molecule has 0 aliphatic carbocycles. The Labute approximate surface area is 156 Å². The first-order valence-corrected chi connectivity index (χ1v) is 9.77. The summed E-state index contributed by atoms with van der Waals surface area (Å²) in [6, 6.07) is 0. The van der Waals surface area contributed by atoms with E-state index in [1.54, 1.807) is 0 Å². The fourth-order valence-electron chi connectivity index (χ4n) is 4.11. The van der Waals surface area contributed by atoms with Gasteiger partial charge in [-0.15, -0.1) is 0 Å². The maximum Gasteiger partial charge on any atom is 0.193 e. The smallest absolute Gasteiger partial charge is 0.193 e. The maximum absolute atomic E-state index is 5.50. The topological polar surface area (TPSA) is 66.1 Å². The highest BCUT2D eigenvalue weighted by molar-refractivity contribution is 5.80. The highest BCUT2D eigenvalue weighted by atomic mass is 16.5. The third-order valence-electron chi connectivity index (χ3n) is 5.57. The summed E-state index contributed by atoms with van der Waals surface area (Å²) in [5.74, 6) is 2.96. The van der Waals surface area contributed by atoms with E-state index in [4.69, 9.17) is 9.26 Å². The number of nitrogens with zero attached hydrogens (tertiary/aromatic N) is 4. The lowest BCUT2D eigenvalue weighted by Crippen LogP contribution is -2.53. The molecule has 2 saturated heterocycles. The number of guanidine groups is 1. The normalized spacial score (nSPS) is 23.5.